The molecule has 0 unspecified atom stereocenters. The standard InChI is InChI=1S/C21H19FN4O2S2/c22-16-7-3-14(4-8-16)12-23-20-24-25-21(30-20)29-13-18(27)15-5-9-17(10-6-15)26-11-1-2-19(26)28/h3-10H,1-2,11-13H2,(H,23,24). The molecule has 154 valence electrons. The number of hydrogen-bond donors (Lipinski definition) is 1. The van der Waals surface area contributed by atoms with E-state index in [4.69, 9.17) is 0 Å². The van der Waals surface area contributed by atoms with Gasteiger partial charge in [0.05, 0.1) is 5.75 Å². The first-order valence-corrected chi connectivity index (χ1v) is 11.3. The zero-order valence-corrected chi connectivity index (χ0v) is 17.6. The fourth-order valence-electron chi connectivity index (χ4n) is 3.08. The van der Waals surface area contributed by atoms with E-state index in [9.17, 15) is 14.0 Å². The maximum atomic E-state index is 12.9. The molecule has 6 nitrogen and oxygen atoms in total. The normalized spacial score (nSPS) is 13.6. The second kappa shape index (κ2) is 9.36. The zero-order valence-electron chi connectivity index (χ0n) is 16.0. The van der Waals surface area contributed by atoms with Crippen molar-refractivity contribution in [3.63, 3.8) is 0 Å². The van der Waals surface area contributed by atoms with Crippen LogP contribution in [0, 0.1) is 5.82 Å². The van der Waals surface area contributed by atoms with E-state index in [1.54, 1.807) is 29.2 Å². The molecule has 0 atom stereocenters. The topological polar surface area (TPSA) is 75.2 Å². The van der Waals surface area contributed by atoms with Crippen molar-refractivity contribution in [1.82, 2.24) is 10.2 Å². The average Bonchev–Trinajstić information content (AvgIpc) is 3.40. The van der Waals surface area contributed by atoms with Gasteiger partial charge in [-0.15, -0.1) is 10.2 Å². The van der Waals surface area contributed by atoms with Crippen LogP contribution in [0.3, 0.4) is 0 Å². The van der Waals surface area contributed by atoms with Gasteiger partial charge in [0, 0.05) is 30.8 Å². The molecule has 2 aromatic carbocycles. The van der Waals surface area contributed by atoms with Crippen molar-refractivity contribution in [2.45, 2.75) is 23.7 Å². The highest BCUT2D eigenvalue weighted by Crippen LogP contribution is 2.27. The number of nitrogens with one attached hydrogen (secondary N) is 1. The Balaban J connectivity index is 1.27. The Morgan fingerprint density at radius 1 is 1.13 bits per heavy atom. The maximum absolute atomic E-state index is 12.9. The summed E-state index contributed by atoms with van der Waals surface area (Å²) in [5.41, 5.74) is 2.38. The molecule has 4 rings (SSSR count). The monoisotopic (exact) mass is 442 g/mol. The molecular formula is C21H19FN4O2S2. The number of carbonyl (C=O) groups excluding carboxylic acids is 2. The quantitative estimate of drug-likeness (QED) is 0.412. The van der Waals surface area contributed by atoms with Gasteiger partial charge in [-0.05, 0) is 48.4 Å². The lowest BCUT2D eigenvalue weighted by molar-refractivity contribution is -0.117. The van der Waals surface area contributed by atoms with E-state index in [1.165, 1.54) is 35.2 Å². The molecule has 0 radical (unpaired) electrons. The van der Waals surface area contributed by atoms with Crippen LogP contribution >= 0.6 is 23.1 Å². The Morgan fingerprint density at radius 3 is 2.60 bits per heavy atom. The van der Waals surface area contributed by atoms with Crippen molar-refractivity contribution in [2.75, 3.05) is 22.5 Å². The van der Waals surface area contributed by atoms with Gasteiger partial charge in [0.25, 0.3) is 0 Å². The van der Waals surface area contributed by atoms with Gasteiger partial charge in [0.1, 0.15) is 5.82 Å². The van der Waals surface area contributed by atoms with Gasteiger partial charge in [-0.25, -0.2) is 4.39 Å². The van der Waals surface area contributed by atoms with E-state index in [2.05, 4.69) is 15.5 Å². The van der Waals surface area contributed by atoms with Gasteiger partial charge in [0.15, 0.2) is 10.1 Å². The zero-order chi connectivity index (χ0) is 20.9. The first-order chi connectivity index (χ1) is 14.6. The van der Waals surface area contributed by atoms with Crippen molar-refractivity contribution in [2.24, 2.45) is 0 Å². The molecule has 0 bridgehead atoms. The summed E-state index contributed by atoms with van der Waals surface area (Å²) in [5.74, 6) is 0.117. The Hall–Kier alpha value is -2.78. The minimum Gasteiger partial charge on any atom is -0.356 e. The number of Topliss-reactive ketones (excluding diaryl/α,β-unsaturated/α-hetero) is 1. The van der Waals surface area contributed by atoms with Crippen molar-refractivity contribution < 1.29 is 14.0 Å². The summed E-state index contributed by atoms with van der Waals surface area (Å²) in [7, 11) is 0. The summed E-state index contributed by atoms with van der Waals surface area (Å²) >= 11 is 2.71. The van der Waals surface area contributed by atoms with Crippen LogP contribution in [0.25, 0.3) is 0 Å². The van der Waals surface area contributed by atoms with E-state index < -0.39 is 0 Å². The van der Waals surface area contributed by atoms with Crippen LogP contribution < -0.4 is 10.2 Å². The molecule has 0 spiro atoms. The molecule has 9 heteroatoms. The SMILES string of the molecule is O=C(CSc1nnc(NCc2ccc(F)cc2)s1)c1ccc(N2CCCC2=O)cc1. The van der Waals surface area contributed by atoms with E-state index >= 15 is 0 Å². The minimum absolute atomic E-state index is 0.00433. The van der Waals surface area contributed by atoms with Gasteiger partial charge in [-0.2, -0.15) is 0 Å². The molecule has 30 heavy (non-hydrogen) atoms. The molecular weight excluding hydrogens is 423 g/mol. The number of thioether (sulfide) groups is 1. The van der Waals surface area contributed by atoms with Gasteiger partial charge in [0.2, 0.25) is 11.0 Å². The predicted octanol–water partition coefficient (Wildman–Crippen LogP) is 4.39. The summed E-state index contributed by atoms with van der Waals surface area (Å²) in [6.45, 7) is 1.25. The van der Waals surface area contributed by atoms with Crippen molar-refractivity contribution >= 4 is 45.6 Å². The van der Waals surface area contributed by atoms with Crippen LogP contribution in [0.1, 0.15) is 28.8 Å². The van der Waals surface area contributed by atoms with Crippen molar-refractivity contribution in [1.29, 1.82) is 0 Å². The molecule has 1 aliphatic rings. The first kappa shape index (κ1) is 20.5. The first-order valence-electron chi connectivity index (χ1n) is 9.47. The van der Waals surface area contributed by atoms with Gasteiger partial charge >= 0.3 is 0 Å². The number of nitrogens with zero attached hydrogens (tertiary/aromatic N) is 3. The number of amides is 1. The van der Waals surface area contributed by atoms with Crippen LogP contribution in [0.2, 0.25) is 0 Å². The number of aromatic nitrogens is 2. The summed E-state index contributed by atoms with van der Waals surface area (Å²) in [6.07, 6.45) is 1.46. The van der Waals surface area contributed by atoms with Crippen LogP contribution in [0.4, 0.5) is 15.2 Å². The number of carbonyl (C=O) groups is 2. The van der Waals surface area contributed by atoms with Crippen LogP contribution in [-0.4, -0.2) is 34.2 Å². The van der Waals surface area contributed by atoms with Crippen LogP contribution in [0.15, 0.2) is 52.9 Å². The van der Waals surface area contributed by atoms with Crippen LogP contribution in [0.5, 0.6) is 0 Å². The lowest BCUT2D eigenvalue weighted by atomic mass is 10.1. The molecule has 1 saturated heterocycles. The summed E-state index contributed by atoms with van der Waals surface area (Å²) in [6, 6.07) is 13.4. The Kier molecular flexibility index (Phi) is 6.39. The smallest absolute Gasteiger partial charge is 0.227 e. The molecule has 3 aromatic rings. The lowest BCUT2D eigenvalue weighted by Gasteiger charge is -2.15. The molecule has 0 saturated carbocycles. The summed E-state index contributed by atoms with van der Waals surface area (Å²) in [4.78, 5) is 26.0. The summed E-state index contributed by atoms with van der Waals surface area (Å²) in [5, 5.41) is 12.0. The average molecular weight is 443 g/mol. The second-order valence-electron chi connectivity index (χ2n) is 6.76. The molecule has 1 aromatic heterocycles. The minimum atomic E-state index is -0.266. The van der Waals surface area contributed by atoms with Gasteiger partial charge < -0.3 is 10.2 Å². The number of ketones is 1. The molecule has 1 N–H and O–H groups in total. The lowest BCUT2D eigenvalue weighted by Crippen LogP contribution is -2.23. The van der Waals surface area contributed by atoms with Crippen LogP contribution in [-0.2, 0) is 11.3 Å². The highest BCUT2D eigenvalue weighted by atomic mass is 32.2. The number of hydrogen-bond acceptors (Lipinski definition) is 7. The molecule has 2 heterocycles. The highest BCUT2D eigenvalue weighted by molar-refractivity contribution is 8.01. The van der Waals surface area contributed by atoms with E-state index in [-0.39, 0.29) is 23.3 Å². The third kappa shape index (κ3) is 5.03. The number of anilines is 2. The molecule has 1 amide bonds. The van der Waals surface area contributed by atoms with Gasteiger partial charge in [-0.3, -0.25) is 9.59 Å². The van der Waals surface area contributed by atoms with Gasteiger partial charge in [-0.1, -0.05) is 35.2 Å². The third-order valence-electron chi connectivity index (χ3n) is 4.66. The summed E-state index contributed by atoms with van der Waals surface area (Å²) < 4.78 is 13.6. The predicted molar refractivity (Wildman–Crippen MR) is 117 cm³/mol. The van der Waals surface area contributed by atoms with E-state index in [0.29, 0.717) is 28.0 Å². The molecule has 1 aliphatic heterocycles. The fraction of sp³-hybridized carbons (Fsp3) is 0.238. The number of benzene rings is 2. The van der Waals surface area contributed by atoms with E-state index in [0.717, 1.165) is 24.2 Å². The van der Waals surface area contributed by atoms with Crippen molar-refractivity contribution in [3.8, 4) is 0 Å². The second-order valence-corrected chi connectivity index (χ2v) is 8.96. The molecule has 1 fully saturated rings. The fourth-order valence-corrected chi connectivity index (χ4v) is 4.72. The third-order valence-corrected chi connectivity index (χ3v) is 6.68. The largest absolute Gasteiger partial charge is 0.356 e. The Labute approximate surface area is 181 Å². The number of rotatable bonds is 8. The maximum Gasteiger partial charge on any atom is 0.227 e. The number of halogens is 1. The highest BCUT2D eigenvalue weighted by Gasteiger charge is 2.21. The van der Waals surface area contributed by atoms with E-state index in [1.807, 2.05) is 12.1 Å². The Bertz CT molecular complexity index is 1040. The molecule has 0 aliphatic carbocycles. The van der Waals surface area contributed by atoms with Crippen molar-refractivity contribution in [3.05, 3.63) is 65.5 Å². The Morgan fingerprint density at radius 2 is 1.90 bits per heavy atom.